The summed E-state index contributed by atoms with van der Waals surface area (Å²) in [6.07, 6.45) is 4.42. The maximum absolute atomic E-state index is 7.31. The van der Waals surface area contributed by atoms with Crippen molar-refractivity contribution in [3.8, 4) is 0 Å². The van der Waals surface area contributed by atoms with E-state index in [4.69, 9.17) is 9.47 Å². The van der Waals surface area contributed by atoms with Crippen LogP contribution in [-0.2, 0) is 31.9 Å². The van der Waals surface area contributed by atoms with Gasteiger partial charge in [0, 0.05) is 0 Å². The third kappa shape index (κ3) is 2.26. The van der Waals surface area contributed by atoms with Crippen LogP contribution in [0, 0.1) is 21.7 Å². The van der Waals surface area contributed by atoms with E-state index in [-0.39, 0.29) is 44.1 Å². The van der Waals surface area contributed by atoms with Crippen molar-refractivity contribution in [3.63, 3.8) is 0 Å². The molecule has 0 unspecified atom stereocenters. The monoisotopic (exact) mass is 438 g/mol. The molecular formula is C30H46O2. The van der Waals surface area contributed by atoms with Crippen LogP contribution in [-0.4, -0.2) is 0 Å². The first kappa shape index (κ1) is 22.9. The van der Waals surface area contributed by atoms with Crippen LogP contribution in [0.5, 0.6) is 0 Å². The van der Waals surface area contributed by atoms with Gasteiger partial charge in [0.15, 0.2) is 0 Å². The van der Waals surface area contributed by atoms with Gasteiger partial charge in [-0.1, -0.05) is 83.1 Å². The maximum atomic E-state index is 7.31. The molecule has 2 saturated heterocycles. The molecule has 4 aliphatic rings. The highest BCUT2D eigenvalue weighted by molar-refractivity contribution is 5.58. The van der Waals surface area contributed by atoms with Crippen molar-refractivity contribution in [2.75, 3.05) is 0 Å². The highest BCUT2D eigenvalue weighted by Crippen LogP contribution is 2.74. The van der Waals surface area contributed by atoms with E-state index < -0.39 is 0 Å². The second-order valence-electron chi connectivity index (χ2n) is 15.5. The van der Waals surface area contributed by atoms with Gasteiger partial charge in [-0.05, 0) is 81.7 Å². The number of ether oxygens (including phenoxy) is 2. The fraction of sp³-hybridized carbons (Fsp3) is 0.800. The Kier molecular flexibility index (Phi) is 4.06. The van der Waals surface area contributed by atoms with Crippen molar-refractivity contribution >= 4 is 0 Å². The molecule has 4 bridgehead atoms. The molecule has 0 aromatic heterocycles. The van der Waals surface area contributed by atoms with Crippen LogP contribution in [0.4, 0.5) is 0 Å². The van der Waals surface area contributed by atoms with Crippen LogP contribution in [0.15, 0.2) is 12.1 Å². The van der Waals surface area contributed by atoms with Crippen molar-refractivity contribution in [1.82, 2.24) is 0 Å². The van der Waals surface area contributed by atoms with Gasteiger partial charge in [0.05, 0.1) is 22.4 Å². The molecule has 2 nitrogen and oxygen atoms in total. The molecule has 5 rings (SSSR count). The zero-order valence-electron chi connectivity index (χ0n) is 22.8. The van der Waals surface area contributed by atoms with Gasteiger partial charge in [-0.15, -0.1) is 0 Å². The van der Waals surface area contributed by atoms with Gasteiger partial charge < -0.3 is 9.47 Å². The Bertz CT molecular complexity index is 836. The van der Waals surface area contributed by atoms with Crippen molar-refractivity contribution in [3.05, 3.63) is 34.4 Å². The minimum absolute atomic E-state index is 0.0363. The second-order valence-corrected chi connectivity index (χ2v) is 15.5. The highest BCUT2D eigenvalue weighted by atomic mass is 16.5. The summed E-state index contributed by atoms with van der Waals surface area (Å²) in [5.74, 6) is 0. The third-order valence-electron chi connectivity index (χ3n) is 10.1. The van der Waals surface area contributed by atoms with E-state index in [9.17, 15) is 0 Å². The Morgan fingerprint density at radius 3 is 0.781 bits per heavy atom. The van der Waals surface area contributed by atoms with Crippen LogP contribution in [0.25, 0.3) is 0 Å². The topological polar surface area (TPSA) is 18.5 Å². The zero-order valence-corrected chi connectivity index (χ0v) is 22.8. The molecule has 0 amide bonds. The smallest absolute Gasteiger partial charge is 0.0996 e. The van der Waals surface area contributed by atoms with Crippen LogP contribution in [0.2, 0.25) is 0 Å². The molecule has 0 N–H and O–H groups in total. The van der Waals surface area contributed by atoms with Gasteiger partial charge in [-0.2, -0.15) is 0 Å². The molecule has 2 fully saturated rings. The minimum atomic E-state index is -0.222. The average molecular weight is 439 g/mol. The number of hydrogen-bond donors (Lipinski definition) is 0. The van der Waals surface area contributed by atoms with E-state index in [2.05, 4.69) is 95.2 Å². The maximum Gasteiger partial charge on any atom is 0.0996 e. The summed E-state index contributed by atoms with van der Waals surface area (Å²) in [4.78, 5) is 0. The normalized spacial score (nSPS) is 38.4. The zero-order chi connectivity index (χ0) is 24.0. The Morgan fingerprint density at radius 2 is 0.625 bits per heavy atom. The molecule has 0 saturated carbocycles. The SMILES string of the molecule is CC(C)(C)[C@@]12CC[C@@](C(C)(C)C)(O1)c1cc3c(cc12)[C@]1(C(C)(C)C)CC[C@@]3(C(C)(C)C)O1. The molecule has 1 aromatic carbocycles. The lowest BCUT2D eigenvalue weighted by Gasteiger charge is -2.43. The molecule has 0 radical (unpaired) electrons. The Morgan fingerprint density at radius 1 is 0.438 bits per heavy atom. The van der Waals surface area contributed by atoms with Gasteiger partial charge in [-0.3, -0.25) is 0 Å². The summed E-state index contributed by atoms with van der Waals surface area (Å²) >= 11 is 0. The van der Waals surface area contributed by atoms with E-state index in [1.807, 2.05) is 0 Å². The molecular weight excluding hydrogens is 392 g/mol. The molecule has 4 atom stereocenters. The van der Waals surface area contributed by atoms with Crippen molar-refractivity contribution in [2.45, 2.75) is 131 Å². The van der Waals surface area contributed by atoms with E-state index in [1.165, 1.54) is 22.3 Å². The summed E-state index contributed by atoms with van der Waals surface area (Å²) in [7, 11) is 0. The minimum Gasteiger partial charge on any atom is -0.358 e. The van der Waals surface area contributed by atoms with E-state index in [0.717, 1.165) is 25.7 Å². The van der Waals surface area contributed by atoms with E-state index in [1.54, 1.807) is 0 Å². The quantitative estimate of drug-likeness (QED) is 0.405. The standard InChI is InChI=1S/C30H46O2/c1-23(2,3)27-13-14-28(31-27,24(4,5)6)20-18-22-21(17-19(20)27)29(25(7,8)9)15-16-30(22,32-29)26(10,11)12/h17-18H,13-16H2,1-12H3/t27-,28+,29-,30+. The van der Waals surface area contributed by atoms with E-state index >= 15 is 0 Å². The predicted molar refractivity (Wildman–Crippen MR) is 132 cm³/mol. The molecule has 1 aromatic rings. The highest BCUT2D eigenvalue weighted by Gasteiger charge is 2.71. The fourth-order valence-electron chi connectivity index (χ4n) is 7.93. The first-order valence-electron chi connectivity index (χ1n) is 12.9. The fourth-order valence-corrected chi connectivity index (χ4v) is 7.93. The molecule has 178 valence electrons. The Balaban J connectivity index is 1.87. The average Bonchev–Trinajstić information content (AvgIpc) is 3.33. The summed E-state index contributed by atoms with van der Waals surface area (Å²) in [5, 5.41) is 0. The molecule has 4 heterocycles. The van der Waals surface area contributed by atoms with Crippen molar-refractivity contribution in [2.24, 2.45) is 21.7 Å². The first-order valence-corrected chi connectivity index (χ1v) is 12.9. The molecule has 0 aliphatic carbocycles. The summed E-state index contributed by atoms with van der Waals surface area (Å²) in [5.41, 5.74) is 5.07. The van der Waals surface area contributed by atoms with Crippen molar-refractivity contribution < 1.29 is 9.47 Å². The van der Waals surface area contributed by atoms with Crippen molar-refractivity contribution in [1.29, 1.82) is 0 Å². The van der Waals surface area contributed by atoms with E-state index in [0.29, 0.717) is 0 Å². The van der Waals surface area contributed by atoms with Gasteiger partial charge in [0.1, 0.15) is 0 Å². The summed E-state index contributed by atoms with van der Waals surface area (Å²) in [6, 6.07) is 5.14. The molecule has 32 heavy (non-hydrogen) atoms. The van der Waals surface area contributed by atoms with Gasteiger partial charge >= 0.3 is 0 Å². The van der Waals surface area contributed by atoms with Gasteiger partial charge in [0.25, 0.3) is 0 Å². The lowest BCUT2D eigenvalue weighted by Crippen LogP contribution is -2.40. The number of rotatable bonds is 0. The van der Waals surface area contributed by atoms with Crippen LogP contribution < -0.4 is 0 Å². The first-order chi connectivity index (χ1) is 14.3. The lowest BCUT2D eigenvalue weighted by atomic mass is 9.57. The third-order valence-corrected chi connectivity index (χ3v) is 10.1. The van der Waals surface area contributed by atoms with Crippen LogP contribution >= 0.6 is 0 Å². The summed E-state index contributed by atoms with van der Waals surface area (Å²) < 4.78 is 14.6. The summed E-state index contributed by atoms with van der Waals surface area (Å²) in [6.45, 7) is 28.4. The number of fused-ring (bicyclic) bond motifs is 10. The Hall–Kier alpha value is -0.860. The molecule has 4 aliphatic heterocycles. The largest absolute Gasteiger partial charge is 0.358 e. The van der Waals surface area contributed by atoms with Gasteiger partial charge in [0.2, 0.25) is 0 Å². The molecule has 0 spiro atoms. The molecule has 2 heteroatoms. The number of hydrogen-bond acceptors (Lipinski definition) is 2. The van der Waals surface area contributed by atoms with Crippen LogP contribution in [0.3, 0.4) is 0 Å². The Labute approximate surface area is 196 Å². The van der Waals surface area contributed by atoms with Crippen LogP contribution in [0.1, 0.15) is 131 Å². The van der Waals surface area contributed by atoms with Gasteiger partial charge in [-0.25, -0.2) is 0 Å². The number of benzene rings is 1. The lowest BCUT2D eigenvalue weighted by molar-refractivity contribution is -0.181. The predicted octanol–water partition coefficient (Wildman–Crippen LogP) is 8.30. The second kappa shape index (κ2) is 5.68.